The lowest BCUT2D eigenvalue weighted by atomic mass is 9.87. The summed E-state index contributed by atoms with van der Waals surface area (Å²) in [6, 6.07) is 24.1. The SMILES string of the molecule is Cc1ccc(CSC(CC(=O)O)NC(=O)c2cc3ccc(Oc4ccc(C(C)(C)C)cc4)cc3c(CC3CCCC3)n2)cc1. The number of aryl methyl sites for hydroxylation is 1. The molecular formula is C37H42N2O4S. The third kappa shape index (κ3) is 8.41. The molecule has 1 fully saturated rings. The van der Waals surface area contributed by atoms with E-state index in [9.17, 15) is 14.7 Å². The summed E-state index contributed by atoms with van der Waals surface area (Å²) in [6.45, 7) is 8.60. The van der Waals surface area contributed by atoms with Gasteiger partial charge in [0.15, 0.2) is 0 Å². The molecule has 0 radical (unpaired) electrons. The number of carbonyl (C=O) groups excluding carboxylic acids is 1. The van der Waals surface area contributed by atoms with Crippen LogP contribution < -0.4 is 10.1 Å². The number of rotatable bonds is 11. The summed E-state index contributed by atoms with van der Waals surface area (Å²) in [7, 11) is 0. The van der Waals surface area contributed by atoms with Gasteiger partial charge in [0.1, 0.15) is 17.2 Å². The van der Waals surface area contributed by atoms with Crippen molar-refractivity contribution in [2.75, 3.05) is 0 Å². The molecule has 0 spiro atoms. The first-order valence-electron chi connectivity index (χ1n) is 15.5. The zero-order valence-electron chi connectivity index (χ0n) is 26.1. The molecule has 1 unspecified atom stereocenters. The van der Waals surface area contributed by atoms with Crippen molar-refractivity contribution in [3.8, 4) is 11.5 Å². The molecule has 7 heteroatoms. The molecule has 0 saturated heterocycles. The van der Waals surface area contributed by atoms with Gasteiger partial charge in [0, 0.05) is 16.8 Å². The van der Waals surface area contributed by atoms with Crippen molar-refractivity contribution in [2.45, 2.75) is 82.8 Å². The average Bonchev–Trinajstić information content (AvgIpc) is 3.49. The predicted molar refractivity (Wildman–Crippen MR) is 179 cm³/mol. The first kappa shape index (κ1) is 31.6. The second-order valence-corrected chi connectivity index (χ2v) is 14.1. The average molecular weight is 611 g/mol. The van der Waals surface area contributed by atoms with Gasteiger partial charge < -0.3 is 15.2 Å². The molecule has 44 heavy (non-hydrogen) atoms. The van der Waals surface area contributed by atoms with Gasteiger partial charge in [-0.05, 0) is 71.5 Å². The maximum atomic E-state index is 13.5. The van der Waals surface area contributed by atoms with Crippen LogP contribution in [0.3, 0.4) is 0 Å². The molecule has 0 aliphatic heterocycles. The molecule has 1 aromatic heterocycles. The Labute approximate surface area is 264 Å². The number of thioether (sulfide) groups is 1. The number of fused-ring (bicyclic) bond motifs is 1. The fourth-order valence-corrected chi connectivity index (χ4v) is 6.73. The molecule has 0 bridgehead atoms. The number of carbonyl (C=O) groups is 2. The molecule has 4 aromatic rings. The quantitative estimate of drug-likeness (QED) is 0.165. The van der Waals surface area contributed by atoms with Gasteiger partial charge in [-0.2, -0.15) is 0 Å². The lowest BCUT2D eigenvalue weighted by Crippen LogP contribution is -2.35. The van der Waals surface area contributed by atoms with Crippen LogP contribution in [0.2, 0.25) is 0 Å². The van der Waals surface area contributed by atoms with Crippen LogP contribution in [0.25, 0.3) is 10.8 Å². The Kier molecular flexibility index (Phi) is 9.94. The Balaban J connectivity index is 1.38. The number of carboxylic acid groups (broad SMARTS) is 1. The summed E-state index contributed by atoms with van der Waals surface area (Å²) in [5, 5.41) is 13.8. The van der Waals surface area contributed by atoms with Crippen molar-refractivity contribution >= 4 is 34.4 Å². The van der Waals surface area contributed by atoms with E-state index in [0.717, 1.165) is 52.8 Å². The topological polar surface area (TPSA) is 88.5 Å². The molecule has 1 heterocycles. The highest BCUT2D eigenvalue weighted by Crippen LogP contribution is 2.33. The van der Waals surface area contributed by atoms with Crippen LogP contribution in [-0.4, -0.2) is 27.3 Å². The van der Waals surface area contributed by atoms with Crippen molar-refractivity contribution < 1.29 is 19.4 Å². The van der Waals surface area contributed by atoms with Gasteiger partial charge in [0.25, 0.3) is 5.91 Å². The van der Waals surface area contributed by atoms with E-state index in [1.807, 2.05) is 61.5 Å². The molecule has 1 aliphatic carbocycles. The van der Waals surface area contributed by atoms with Gasteiger partial charge in [-0.1, -0.05) is 94.5 Å². The first-order valence-corrected chi connectivity index (χ1v) is 16.5. The molecule has 1 atom stereocenters. The number of ether oxygens (including phenoxy) is 1. The van der Waals surface area contributed by atoms with Gasteiger partial charge in [-0.25, -0.2) is 4.98 Å². The lowest BCUT2D eigenvalue weighted by molar-refractivity contribution is -0.137. The minimum atomic E-state index is -0.958. The van der Waals surface area contributed by atoms with Crippen LogP contribution in [0.15, 0.2) is 72.8 Å². The van der Waals surface area contributed by atoms with E-state index < -0.39 is 11.3 Å². The predicted octanol–water partition coefficient (Wildman–Crippen LogP) is 8.83. The molecule has 230 valence electrons. The fraction of sp³-hybridized carbons (Fsp3) is 0.378. The Morgan fingerprint density at radius 2 is 1.66 bits per heavy atom. The summed E-state index contributed by atoms with van der Waals surface area (Å²) in [5.74, 6) is 1.30. The fourth-order valence-electron chi connectivity index (χ4n) is 5.69. The number of hydrogen-bond donors (Lipinski definition) is 2. The van der Waals surface area contributed by atoms with E-state index in [1.165, 1.54) is 35.7 Å². The standard InChI is InChI=1S/C37H42N2O4S/c1-24-9-11-26(12-10-24)23-44-34(22-35(40)41)39-36(42)33-20-27-13-16-30(43-29-17-14-28(15-18-29)37(2,3)4)21-31(27)32(38-33)19-25-7-5-6-8-25/h9-18,20-21,25,34H,5-8,19,22-23H2,1-4H3,(H,39,42)(H,40,41). The van der Waals surface area contributed by atoms with Crippen LogP contribution in [0.4, 0.5) is 0 Å². The minimum Gasteiger partial charge on any atom is -0.481 e. The van der Waals surface area contributed by atoms with E-state index in [0.29, 0.717) is 17.4 Å². The number of pyridine rings is 1. The van der Waals surface area contributed by atoms with Gasteiger partial charge in [0.05, 0.1) is 11.8 Å². The van der Waals surface area contributed by atoms with E-state index in [-0.39, 0.29) is 17.7 Å². The van der Waals surface area contributed by atoms with Crippen molar-refractivity contribution in [1.82, 2.24) is 10.3 Å². The highest BCUT2D eigenvalue weighted by Gasteiger charge is 2.22. The third-order valence-electron chi connectivity index (χ3n) is 8.25. The highest BCUT2D eigenvalue weighted by molar-refractivity contribution is 7.99. The summed E-state index contributed by atoms with van der Waals surface area (Å²) in [5.41, 5.74) is 4.75. The number of aliphatic carboxylic acids is 1. The number of hydrogen-bond acceptors (Lipinski definition) is 5. The third-order valence-corrected chi connectivity index (χ3v) is 9.44. The molecular weight excluding hydrogens is 568 g/mol. The zero-order chi connectivity index (χ0) is 31.3. The molecule has 1 amide bonds. The maximum Gasteiger partial charge on any atom is 0.306 e. The normalized spacial score (nSPS) is 14.5. The lowest BCUT2D eigenvalue weighted by Gasteiger charge is -2.19. The summed E-state index contributed by atoms with van der Waals surface area (Å²) < 4.78 is 6.25. The van der Waals surface area contributed by atoms with Crippen molar-refractivity contribution in [3.05, 3.63) is 101 Å². The van der Waals surface area contributed by atoms with Crippen LogP contribution >= 0.6 is 11.8 Å². The molecule has 1 saturated carbocycles. The maximum absolute atomic E-state index is 13.5. The summed E-state index contributed by atoms with van der Waals surface area (Å²) in [6.07, 6.45) is 5.37. The van der Waals surface area contributed by atoms with E-state index in [4.69, 9.17) is 9.72 Å². The van der Waals surface area contributed by atoms with Crippen molar-refractivity contribution in [2.24, 2.45) is 5.92 Å². The Bertz CT molecular complexity index is 1600. The van der Waals surface area contributed by atoms with E-state index in [2.05, 4.69) is 38.2 Å². The van der Waals surface area contributed by atoms with Crippen molar-refractivity contribution in [3.63, 3.8) is 0 Å². The summed E-state index contributed by atoms with van der Waals surface area (Å²) >= 11 is 1.41. The second-order valence-electron chi connectivity index (χ2n) is 12.9. The Hall–Kier alpha value is -3.84. The first-order chi connectivity index (χ1) is 21.0. The van der Waals surface area contributed by atoms with Crippen LogP contribution in [0, 0.1) is 12.8 Å². The molecule has 3 aromatic carbocycles. The monoisotopic (exact) mass is 610 g/mol. The number of nitrogens with one attached hydrogen (secondary N) is 1. The number of nitrogens with zero attached hydrogens (tertiary/aromatic N) is 1. The van der Waals surface area contributed by atoms with Crippen LogP contribution in [0.5, 0.6) is 11.5 Å². The van der Waals surface area contributed by atoms with Gasteiger partial charge in [-0.3, -0.25) is 9.59 Å². The molecule has 5 rings (SSSR count). The Morgan fingerprint density at radius 3 is 2.32 bits per heavy atom. The highest BCUT2D eigenvalue weighted by atomic mass is 32.2. The van der Waals surface area contributed by atoms with E-state index in [1.54, 1.807) is 6.07 Å². The molecule has 2 N–H and O–H groups in total. The minimum absolute atomic E-state index is 0.0692. The second kappa shape index (κ2) is 13.9. The number of benzene rings is 3. The molecule has 6 nitrogen and oxygen atoms in total. The van der Waals surface area contributed by atoms with E-state index >= 15 is 0 Å². The van der Waals surface area contributed by atoms with Gasteiger partial charge in [-0.15, -0.1) is 11.8 Å². The molecule has 1 aliphatic rings. The number of aromatic nitrogens is 1. The number of carboxylic acids is 1. The summed E-state index contributed by atoms with van der Waals surface area (Å²) in [4.78, 5) is 30.1. The van der Waals surface area contributed by atoms with Crippen molar-refractivity contribution in [1.29, 1.82) is 0 Å². The van der Waals surface area contributed by atoms with Gasteiger partial charge >= 0.3 is 5.97 Å². The van der Waals surface area contributed by atoms with Crippen LogP contribution in [-0.2, 0) is 22.4 Å². The van der Waals surface area contributed by atoms with Gasteiger partial charge in [0.2, 0.25) is 0 Å². The Morgan fingerprint density at radius 1 is 0.977 bits per heavy atom. The smallest absolute Gasteiger partial charge is 0.306 e. The number of amides is 1. The van der Waals surface area contributed by atoms with Crippen LogP contribution in [0.1, 0.15) is 85.7 Å². The largest absolute Gasteiger partial charge is 0.481 e. The zero-order valence-corrected chi connectivity index (χ0v) is 26.9.